The van der Waals surface area contributed by atoms with Gasteiger partial charge in [0, 0.05) is 17.6 Å². The van der Waals surface area contributed by atoms with Crippen molar-refractivity contribution >= 4 is 11.7 Å². The van der Waals surface area contributed by atoms with E-state index < -0.39 is 23.2 Å². The monoisotopic (exact) mass is 371 g/mol. The molecule has 0 aromatic heterocycles. The average Bonchev–Trinajstić information content (AvgIpc) is 2.90. The number of ketones is 1. The number of methoxy groups -OCH3 is 1. The summed E-state index contributed by atoms with van der Waals surface area (Å²) >= 11 is 0. The highest BCUT2D eigenvalue weighted by Gasteiger charge is 2.65. The van der Waals surface area contributed by atoms with Crippen LogP contribution in [0.4, 0.5) is 0 Å². The molecule has 2 N–H and O–H groups in total. The molecule has 6 heteroatoms. The molecule has 27 heavy (non-hydrogen) atoms. The smallest absolute Gasteiger partial charge is 0.258 e. The van der Waals surface area contributed by atoms with Crippen LogP contribution < -0.4 is 0 Å². The van der Waals surface area contributed by atoms with E-state index in [2.05, 4.69) is 0 Å². The van der Waals surface area contributed by atoms with Gasteiger partial charge in [-0.2, -0.15) is 0 Å². The molecule has 144 valence electrons. The maximum absolute atomic E-state index is 13.2. The van der Waals surface area contributed by atoms with Crippen LogP contribution in [0, 0.1) is 11.8 Å². The second kappa shape index (κ2) is 5.42. The molecule has 0 spiro atoms. The molecule has 0 bridgehead atoms. The molecule has 1 fully saturated rings. The van der Waals surface area contributed by atoms with E-state index in [1.54, 1.807) is 6.92 Å². The van der Waals surface area contributed by atoms with Gasteiger partial charge in [0.2, 0.25) is 0 Å². The van der Waals surface area contributed by atoms with E-state index in [1.807, 2.05) is 26.8 Å². The van der Waals surface area contributed by atoms with Gasteiger partial charge in [0.15, 0.2) is 5.78 Å². The molecule has 1 amide bonds. The highest BCUT2D eigenvalue weighted by atomic mass is 16.5. The molecule has 6 nitrogen and oxygen atoms in total. The van der Waals surface area contributed by atoms with Gasteiger partial charge < -0.3 is 14.9 Å². The molecular formula is C21H25NO5. The lowest BCUT2D eigenvalue weighted by Crippen LogP contribution is -2.53. The molecule has 2 aliphatic heterocycles. The Labute approximate surface area is 158 Å². The zero-order valence-electron chi connectivity index (χ0n) is 16.2. The maximum Gasteiger partial charge on any atom is 0.258 e. The van der Waals surface area contributed by atoms with Crippen molar-refractivity contribution in [2.45, 2.75) is 51.4 Å². The Morgan fingerprint density at radius 2 is 1.93 bits per heavy atom. The summed E-state index contributed by atoms with van der Waals surface area (Å²) in [7, 11) is 1.54. The van der Waals surface area contributed by atoms with Gasteiger partial charge in [-0.1, -0.05) is 25.5 Å². The standard InChI is InChI=1S/C21H25NO5/c1-6-20-9-10(2)16-11(3)17(24)14-7-13(23)8-15(21(14,16)26)22(20)19(25)12(4)18(20)27-5/h7-9,11,16-17,24,26H,6H2,1-5H3/t11-,16-,17+,20+,21+/m1/s1. The van der Waals surface area contributed by atoms with Crippen molar-refractivity contribution in [3.8, 4) is 0 Å². The number of amides is 1. The van der Waals surface area contributed by atoms with E-state index in [1.165, 1.54) is 24.2 Å². The number of hydrogen-bond acceptors (Lipinski definition) is 5. The number of fused-ring (bicyclic) bond motifs is 2. The van der Waals surface area contributed by atoms with Crippen molar-refractivity contribution in [3.63, 3.8) is 0 Å². The molecule has 4 rings (SSSR count). The van der Waals surface area contributed by atoms with Crippen LogP contribution in [0.5, 0.6) is 0 Å². The molecule has 0 radical (unpaired) electrons. The fourth-order valence-electron chi connectivity index (χ4n) is 5.72. The topological polar surface area (TPSA) is 87.1 Å². The highest BCUT2D eigenvalue weighted by molar-refractivity contribution is 6.06. The first-order chi connectivity index (χ1) is 12.6. The predicted molar refractivity (Wildman–Crippen MR) is 98.1 cm³/mol. The molecule has 0 aromatic carbocycles. The van der Waals surface area contributed by atoms with Crippen LogP contribution in [0.3, 0.4) is 0 Å². The molecular weight excluding hydrogens is 346 g/mol. The molecule has 0 saturated heterocycles. The number of carbonyl (C=O) groups excluding carboxylic acids is 2. The fraction of sp³-hybridized carbons (Fsp3) is 0.524. The SMILES string of the molecule is CC[C@@]12C=C(C)[C@@H]3[C@@H](C)[C@H](O)C4=CC(=O)C=C(N1C(=O)C(C)=C2OC)[C@@]43O. The lowest BCUT2D eigenvalue weighted by molar-refractivity contribution is -0.128. The number of hydrogen-bond donors (Lipinski definition) is 2. The van der Waals surface area contributed by atoms with E-state index in [-0.39, 0.29) is 28.9 Å². The normalized spacial score (nSPS) is 40.3. The van der Waals surface area contributed by atoms with Crippen LogP contribution in [0.25, 0.3) is 0 Å². The van der Waals surface area contributed by atoms with Crippen LogP contribution in [0.1, 0.15) is 34.1 Å². The third-order valence-corrected chi connectivity index (χ3v) is 6.80. The number of aliphatic hydroxyl groups is 2. The Morgan fingerprint density at radius 3 is 2.52 bits per heavy atom. The summed E-state index contributed by atoms with van der Waals surface area (Å²) in [5.41, 5.74) is -0.637. The Bertz CT molecular complexity index is 894. The first kappa shape index (κ1) is 18.2. The summed E-state index contributed by atoms with van der Waals surface area (Å²) < 4.78 is 5.64. The first-order valence-corrected chi connectivity index (χ1v) is 9.33. The summed E-state index contributed by atoms with van der Waals surface area (Å²) in [6.45, 7) is 7.43. The maximum atomic E-state index is 13.2. The van der Waals surface area contributed by atoms with Crippen molar-refractivity contribution in [1.29, 1.82) is 0 Å². The van der Waals surface area contributed by atoms with Crippen molar-refractivity contribution in [3.05, 3.63) is 46.4 Å². The third-order valence-electron chi connectivity index (χ3n) is 6.80. The number of rotatable bonds is 2. The Hall–Kier alpha value is -2.18. The molecule has 2 heterocycles. The largest absolute Gasteiger partial charge is 0.498 e. The molecule has 0 unspecified atom stereocenters. The molecule has 4 aliphatic rings. The summed E-state index contributed by atoms with van der Waals surface area (Å²) in [4.78, 5) is 27.2. The number of allylic oxidation sites excluding steroid dienone is 2. The van der Waals surface area contributed by atoms with E-state index in [9.17, 15) is 19.8 Å². The summed E-state index contributed by atoms with van der Waals surface area (Å²) in [5.74, 6) is -0.820. The van der Waals surface area contributed by atoms with Crippen LogP contribution in [0.2, 0.25) is 0 Å². The molecule has 0 aromatic rings. The molecule has 1 saturated carbocycles. The quantitative estimate of drug-likeness (QED) is 0.720. The third kappa shape index (κ3) is 1.87. The summed E-state index contributed by atoms with van der Waals surface area (Å²) in [5, 5.41) is 22.6. The number of carbonyl (C=O) groups is 2. The van der Waals surface area contributed by atoms with E-state index in [4.69, 9.17) is 4.74 Å². The minimum atomic E-state index is -1.59. The minimum absolute atomic E-state index is 0.241. The Balaban J connectivity index is 2.08. The Kier molecular flexibility index (Phi) is 3.66. The second-order valence-electron chi connectivity index (χ2n) is 8.04. The van der Waals surface area contributed by atoms with Gasteiger partial charge in [0.05, 0.1) is 24.5 Å². The van der Waals surface area contributed by atoms with E-state index in [0.717, 1.165) is 5.57 Å². The first-order valence-electron chi connectivity index (χ1n) is 9.33. The average molecular weight is 371 g/mol. The van der Waals surface area contributed by atoms with Gasteiger partial charge in [-0.3, -0.25) is 14.5 Å². The molecule has 2 aliphatic carbocycles. The van der Waals surface area contributed by atoms with Gasteiger partial charge in [0.1, 0.15) is 16.9 Å². The van der Waals surface area contributed by atoms with Crippen molar-refractivity contribution in [1.82, 2.24) is 4.90 Å². The van der Waals surface area contributed by atoms with Crippen LogP contribution in [-0.4, -0.2) is 51.2 Å². The minimum Gasteiger partial charge on any atom is -0.498 e. The summed E-state index contributed by atoms with van der Waals surface area (Å²) in [6.07, 6.45) is 4.20. The Morgan fingerprint density at radius 1 is 1.26 bits per heavy atom. The van der Waals surface area contributed by atoms with Gasteiger partial charge >= 0.3 is 0 Å². The van der Waals surface area contributed by atoms with E-state index >= 15 is 0 Å². The van der Waals surface area contributed by atoms with Crippen LogP contribution >= 0.6 is 0 Å². The van der Waals surface area contributed by atoms with Crippen LogP contribution in [-0.2, 0) is 14.3 Å². The second-order valence-corrected chi connectivity index (χ2v) is 8.04. The number of nitrogens with zero attached hydrogens (tertiary/aromatic N) is 1. The fourth-order valence-corrected chi connectivity index (χ4v) is 5.72. The zero-order valence-corrected chi connectivity index (χ0v) is 16.2. The lowest BCUT2D eigenvalue weighted by atomic mass is 9.76. The van der Waals surface area contributed by atoms with Gasteiger partial charge in [0.25, 0.3) is 5.91 Å². The van der Waals surface area contributed by atoms with Crippen molar-refractivity contribution in [2.75, 3.05) is 7.11 Å². The van der Waals surface area contributed by atoms with Gasteiger partial charge in [-0.15, -0.1) is 0 Å². The zero-order chi connectivity index (χ0) is 19.9. The van der Waals surface area contributed by atoms with Gasteiger partial charge in [-0.05, 0) is 32.3 Å². The van der Waals surface area contributed by atoms with Crippen LogP contribution in [0.15, 0.2) is 46.4 Å². The number of ether oxygens (including phenoxy) is 1. The van der Waals surface area contributed by atoms with Crippen molar-refractivity contribution in [2.24, 2.45) is 11.8 Å². The predicted octanol–water partition coefficient (Wildman–Crippen LogP) is 1.61. The molecule has 5 atom stereocenters. The van der Waals surface area contributed by atoms with Gasteiger partial charge in [-0.25, -0.2) is 0 Å². The number of aliphatic hydroxyl groups excluding tert-OH is 1. The van der Waals surface area contributed by atoms with Crippen molar-refractivity contribution < 1.29 is 24.5 Å². The van der Waals surface area contributed by atoms with E-state index in [0.29, 0.717) is 17.8 Å². The lowest BCUT2D eigenvalue weighted by Gasteiger charge is -2.43. The highest BCUT2D eigenvalue weighted by Crippen LogP contribution is 2.59. The summed E-state index contributed by atoms with van der Waals surface area (Å²) in [6, 6.07) is 0.